The number of benzene rings is 1. The minimum atomic E-state index is -0.603. The maximum absolute atomic E-state index is 12.5. The minimum absolute atomic E-state index is 0.0504. The van der Waals surface area contributed by atoms with Gasteiger partial charge in [-0.05, 0) is 43.9 Å². The van der Waals surface area contributed by atoms with Crippen molar-refractivity contribution in [1.82, 2.24) is 10.2 Å². The van der Waals surface area contributed by atoms with Gasteiger partial charge in [0.05, 0.1) is 6.61 Å². The summed E-state index contributed by atoms with van der Waals surface area (Å²) >= 11 is 0. The molecule has 1 aliphatic heterocycles. The Morgan fingerprint density at radius 1 is 1.27 bits per heavy atom. The minimum Gasteiger partial charge on any atom is -0.494 e. The number of carbonyl (C=O) groups excluding carboxylic acids is 2. The Bertz CT molecular complexity index is 579. The van der Waals surface area contributed by atoms with E-state index in [2.05, 4.69) is 5.32 Å². The highest BCUT2D eigenvalue weighted by atomic mass is 16.5. The maximum atomic E-state index is 12.5. The molecule has 1 saturated heterocycles. The van der Waals surface area contributed by atoms with E-state index in [-0.39, 0.29) is 11.9 Å². The molecule has 1 aromatic rings. The largest absolute Gasteiger partial charge is 0.494 e. The highest BCUT2D eigenvalue weighted by molar-refractivity contribution is 6.07. The van der Waals surface area contributed by atoms with Crippen molar-refractivity contribution in [1.29, 1.82) is 0 Å². The number of nitrogens with zero attached hydrogens (tertiary/aromatic N) is 1. The summed E-state index contributed by atoms with van der Waals surface area (Å²) in [6, 6.07) is 7.60. The first-order valence-corrected chi connectivity index (χ1v) is 7.94. The highest BCUT2D eigenvalue weighted by Gasteiger charge is 2.51. The predicted octanol–water partition coefficient (Wildman–Crippen LogP) is 2.63. The fraction of sp³-hybridized carbons (Fsp3) is 0.529. The summed E-state index contributed by atoms with van der Waals surface area (Å²) in [6.45, 7) is 2.92. The van der Waals surface area contributed by atoms with Crippen LogP contribution in [0.4, 0.5) is 4.79 Å². The SMILES string of the molecule is Cc1cccc(OCCCN2C(=O)NC3(CCCC3)C2=O)c1. The van der Waals surface area contributed by atoms with Crippen molar-refractivity contribution >= 4 is 11.9 Å². The van der Waals surface area contributed by atoms with Crippen molar-refractivity contribution in [3.8, 4) is 5.75 Å². The van der Waals surface area contributed by atoms with Crippen LogP contribution >= 0.6 is 0 Å². The molecule has 0 radical (unpaired) electrons. The number of ether oxygens (including phenoxy) is 1. The highest BCUT2D eigenvalue weighted by Crippen LogP contribution is 2.35. The van der Waals surface area contributed by atoms with Crippen LogP contribution in [0.2, 0.25) is 0 Å². The molecule has 2 fully saturated rings. The molecule has 22 heavy (non-hydrogen) atoms. The van der Waals surface area contributed by atoms with E-state index >= 15 is 0 Å². The summed E-state index contributed by atoms with van der Waals surface area (Å²) in [5.74, 6) is 0.773. The Kier molecular flexibility index (Phi) is 4.05. The second kappa shape index (κ2) is 5.99. The topological polar surface area (TPSA) is 58.6 Å². The smallest absolute Gasteiger partial charge is 0.325 e. The van der Waals surface area contributed by atoms with Crippen molar-refractivity contribution in [2.45, 2.75) is 44.6 Å². The molecule has 5 heteroatoms. The van der Waals surface area contributed by atoms with E-state index in [1.165, 1.54) is 4.90 Å². The lowest BCUT2D eigenvalue weighted by Gasteiger charge is -2.20. The summed E-state index contributed by atoms with van der Waals surface area (Å²) in [4.78, 5) is 25.8. The van der Waals surface area contributed by atoms with E-state index in [4.69, 9.17) is 4.74 Å². The monoisotopic (exact) mass is 302 g/mol. The van der Waals surface area contributed by atoms with Crippen molar-refractivity contribution < 1.29 is 14.3 Å². The molecule has 1 heterocycles. The molecule has 0 atom stereocenters. The first kappa shape index (κ1) is 14.9. The van der Waals surface area contributed by atoms with Gasteiger partial charge in [0.15, 0.2) is 0 Å². The number of urea groups is 1. The molecular weight excluding hydrogens is 280 g/mol. The molecule has 1 saturated carbocycles. The first-order chi connectivity index (χ1) is 10.6. The fourth-order valence-corrected chi connectivity index (χ4v) is 3.31. The predicted molar refractivity (Wildman–Crippen MR) is 82.7 cm³/mol. The standard InChI is InChI=1S/C17H22N2O3/c1-13-6-4-7-14(12-13)22-11-5-10-19-15(20)17(18-16(19)21)8-2-3-9-17/h4,6-7,12H,2-3,5,8-11H2,1H3,(H,18,21). The second-order valence-corrected chi connectivity index (χ2v) is 6.19. The van der Waals surface area contributed by atoms with Crippen LogP contribution in [-0.4, -0.2) is 35.5 Å². The molecular formula is C17H22N2O3. The molecule has 0 unspecified atom stereocenters. The quantitative estimate of drug-likeness (QED) is 0.672. The average molecular weight is 302 g/mol. The zero-order valence-electron chi connectivity index (χ0n) is 12.9. The van der Waals surface area contributed by atoms with Gasteiger partial charge in [-0.15, -0.1) is 0 Å². The van der Waals surface area contributed by atoms with E-state index < -0.39 is 5.54 Å². The van der Waals surface area contributed by atoms with Crippen LogP contribution in [0.1, 0.15) is 37.7 Å². The van der Waals surface area contributed by atoms with E-state index in [0.717, 1.165) is 37.0 Å². The number of amides is 3. The van der Waals surface area contributed by atoms with Gasteiger partial charge in [0.2, 0.25) is 0 Å². The molecule has 3 amide bonds. The van der Waals surface area contributed by atoms with Gasteiger partial charge in [0, 0.05) is 6.54 Å². The van der Waals surface area contributed by atoms with Gasteiger partial charge in [-0.3, -0.25) is 9.69 Å². The molecule has 5 nitrogen and oxygen atoms in total. The average Bonchev–Trinajstić information content (AvgIpc) is 3.04. The van der Waals surface area contributed by atoms with E-state index in [9.17, 15) is 9.59 Å². The van der Waals surface area contributed by atoms with Gasteiger partial charge >= 0.3 is 6.03 Å². The van der Waals surface area contributed by atoms with Gasteiger partial charge in [0.1, 0.15) is 11.3 Å². The lowest BCUT2D eigenvalue weighted by molar-refractivity contribution is -0.131. The number of hydrogen-bond donors (Lipinski definition) is 1. The van der Waals surface area contributed by atoms with Crippen molar-refractivity contribution in [3.63, 3.8) is 0 Å². The van der Waals surface area contributed by atoms with E-state index in [0.29, 0.717) is 19.6 Å². The summed E-state index contributed by atoms with van der Waals surface area (Å²) in [5, 5.41) is 2.89. The molecule has 0 aromatic heterocycles. The lowest BCUT2D eigenvalue weighted by atomic mass is 9.98. The van der Waals surface area contributed by atoms with Crippen LogP contribution in [0.25, 0.3) is 0 Å². The number of hydrogen-bond acceptors (Lipinski definition) is 3. The lowest BCUT2D eigenvalue weighted by Crippen LogP contribution is -2.44. The number of nitrogens with one attached hydrogen (secondary N) is 1. The molecule has 1 N–H and O–H groups in total. The zero-order chi connectivity index (χ0) is 15.6. The summed E-state index contributed by atoms with van der Waals surface area (Å²) in [7, 11) is 0. The van der Waals surface area contributed by atoms with Gasteiger partial charge in [0.25, 0.3) is 5.91 Å². The van der Waals surface area contributed by atoms with Crippen LogP contribution in [0, 0.1) is 6.92 Å². The molecule has 1 aromatic carbocycles. The third-order valence-electron chi connectivity index (χ3n) is 4.49. The Morgan fingerprint density at radius 3 is 2.77 bits per heavy atom. The fourth-order valence-electron chi connectivity index (χ4n) is 3.31. The van der Waals surface area contributed by atoms with Gasteiger partial charge in [-0.1, -0.05) is 25.0 Å². The Balaban J connectivity index is 1.49. The van der Waals surface area contributed by atoms with Crippen molar-refractivity contribution in [2.75, 3.05) is 13.2 Å². The van der Waals surface area contributed by atoms with Crippen molar-refractivity contribution in [3.05, 3.63) is 29.8 Å². The maximum Gasteiger partial charge on any atom is 0.325 e. The Labute approximate surface area is 130 Å². The van der Waals surface area contributed by atoms with Crippen LogP contribution in [0.5, 0.6) is 5.75 Å². The summed E-state index contributed by atoms with van der Waals surface area (Å²) in [6.07, 6.45) is 4.21. The van der Waals surface area contributed by atoms with Gasteiger partial charge in [-0.2, -0.15) is 0 Å². The summed E-state index contributed by atoms with van der Waals surface area (Å²) < 4.78 is 5.66. The van der Waals surface area contributed by atoms with Crippen LogP contribution in [0.3, 0.4) is 0 Å². The van der Waals surface area contributed by atoms with Gasteiger partial charge < -0.3 is 10.1 Å². The molecule has 1 aliphatic carbocycles. The van der Waals surface area contributed by atoms with Crippen molar-refractivity contribution in [2.24, 2.45) is 0 Å². The van der Waals surface area contributed by atoms with Crippen LogP contribution < -0.4 is 10.1 Å². The number of rotatable bonds is 5. The molecule has 1 spiro atoms. The molecule has 118 valence electrons. The molecule has 2 aliphatic rings. The van der Waals surface area contributed by atoms with E-state index in [1.807, 2.05) is 31.2 Å². The van der Waals surface area contributed by atoms with Gasteiger partial charge in [-0.25, -0.2) is 4.79 Å². The third kappa shape index (κ3) is 2.80. The Morgan fingerprint density at radius 2 is 2.05 bits per heavy atom. The summed E-state index contributed by atoms with van der Waals surface area (Å²) in [5.41, 5.74) is 0.545. The Hall–Kier alpha value is -2.04. The zero-order valence-corrected chi connectivity index (χ0v) is 12.9. The third-order valence-corrected chi connectivity index (χ3v) is 4.49. The number of imide groups is 1. The number of carbonyl (C=O) groups is 2. The molecule has 0 bridgehead atoms. The van der Waals surface area contributed by atoms with E-state index in [1.54, 1.807) is 0 Å². The first-order valence-electron chi connectivity index (χ1n) is 7.94. The van der Waals surface area contributed by atoms with Crippen LogP contribution in [-0.2, 0) is 4.79 Å². The van der Waals surface area contributed by atoms with Crippen LogP contribution in [0.15, 0.2) is 24.3 Å². The molecule has 3 rings (SSSR count). The normalized spacial score (nSPS) is 19.8. The second-order valence-electron chi connectivity index (χ2n) is 6.19. The number of aryl methyl sites for hydroxylation is 1.